The van der Waals surface area contributed by atoms with E-state index in [4.69, 9.17) is 0 Å². The zero-order valence-electron chi connectivity index (χ0n) is 9.47. The lowest BCUT2D eigenvalue weighted by Crippen LogP contribution is -2.27. The molecule has 0 radical (unpaired) electrons. The summed E-state index contributed by atoms with van der Waals surface area (Å²) >= 11 is 1.80. The molecule has 0 aliphatic rings. The average Bonchev–Trinajstić information content (AvgIpc) is 2.59. The summed E-state index contributed by atoms with van der Waals surface area (Å²) in [5, 5.41) is 8.09. The molecule has 0 saturated heterocycles. The van der Waals surface area contributed by atoms with Crippen molar-refractivity contribution in [2.45, 2.75) is 52.6 Å². The van der Waals surface area contributed by atoms with Gasteiger partial charge in [-0.15, -0.1) is 0 Å². The Morgan fingerprint density at radius 1 is 1.36 bits per heavy atom. The highest BCUT2D eigenvalue weighted by Crippen LogP contribution is 2.14. The van der Waals surface area contributed by atoms with Gasteiger partial charge in [0.25, 0.3) is 0 Å². The molecule has 1 heterocycles. The van der Waals surface area contributed by atoms with Crippen molar-refractivity contribution < 1.29 is 0 Å². The smallest absolute Gasteiger partial charge is 0.0218 e. The van der Waals surface area contributed by atoms with Gasteiger partial charge in [0.15, 0.2) is 0 Å². The van der Waals surface area contributed by atoms with Gasteiger partial charge in [-0.1, -0.05) is 20.3 Å². The number of rotatable bonds is 6. The Hall–Kier alpha value is -0.340. The van der Waals surface area contributed by atoms with Crippen LogP contribution >= 0.6 is 11.3 Å². The van der Waals surface area contributed by atoms with Crippen LogP contribution in [0, 0.1) is 6.92 Å². The summed E-state index contributed by atoms with van der Waals surface area (Å²) in [5.41, 5.74) is 2.89. The Morgan fingerprint density at radius 3 is 2.64 bits per heavy atom. The van der Waals surface area contributed by atoms with E-state index in [2.05, 4.69) is 36.8 Å². The molecule has 1 nitrogen and oxygen atoms in total. The Bertz CT molecular complexity index is 255. The summed E-state index contributed by atoms with van der Waals surface area (Å²) in [4.78, 5) is 0. The maximum atomic E-state index is 3.62. The predicted molar refractivity (Wildman–Crippen MR) is 64.9 cm³/mol. The van der Waals surface area contributed by atoms with Gasteiger partial charge in [0.1, 0.15) is 0 Å². The van der Waals surface area contributed by atoms with Gasteiger partial charge >= 0.3 is 0 Å². The lowest BCUT2D eigenvalue weighted by molar-refractivity contribution is 0.462. The Kier molecular flexibility index (Phi) is 5.20. The first-order chi connectivity index (χ1) is 6.77. The Morgan fingerprint density at radius 2 is 2.14 bits per heavy atom. The van der Waals surface area contributed by atoms with Gasteiger partial charge in [-0.3, -0.25) is 0 Å². The molecule has 80 valence electrons. The molecule has 1 N–H and O–H groups in total. The van der Waals surface area contributed by atoms with E-state index in [1.165, 1.54) is 30.4 Å². The minimum atomic E-state index is 0.694. The topological polar surface area (TPSA) is 12.0 Å². The minimum Gasteiger partial charge on any atom is -0.310 e. The van der Waals surface area contributed by atoms with Crippen LogP contribution < -0.4 is 5.32 Å². The van der Waals surface area contributed by atoms with Gasteiger partial charge in [0, 0.05) is 12.6 Å². The van der Waals surface area contributed by atoms with Crippen LogP contribution in [0.2, 0.25) is 0 Å². The second kappa shape index (κ2) is 6.20. The van der Waals surface area contributed by atoms with E-state index in [-0.39, 0.29) is 0 Å². The highest BCUT2D eigenvalue weighted by atomic mass is 32.1. The van der Waals surface area contributed by atoms with Crippen molar-refractivity contribution in [2.75, 3.05) is 0 Å². The molecule has 14 heavy (non-hydrogen) atoms. The third-order valence-corrected chi connectivity index (χ3v) is 3.58. The lowest BCUT2D eigenvalue weighted by atomic mass is 10.1. The minimum absolute atomic E-state index is 0.694. The van der Waals surface area contributed by atoms with Gasteiger partial charge in [-0.2, -0.15) is 11.3 Å². The Balaban J connectivity index is 2.35. The number of aryl methyl sites for hydroxylation is 1. The van der Waals surface area contributed by atoms with Crippen LogP contribution in [0.15, 0.2) is 10.8 Å². The van der Waals surface area contributed by atoms with E-state index >= 15 is 0 Å². The fraction of sp³-hybridized carbons (Fsp3) is 0.667. The van der Waals surface area contributed by atoms with Gasteiger partial charge in [0.05, 0.1) is 0 Å². The van der Waals surface area contributed by atoms with Crippen molar-refractivity contribution in [1.29, 1.82) is 0 Å². The van der Waals surface area contributed by atoms with Crippen LogP contribution in [-0.4, -0.2) is 6.04 Å². The normalized spacial score (nSPS) is 13.1. The number of hydrogen-bond acceptors (Lipinski definition) is 2. The van der Waals surface area contributed by atoms with Crippen molar-refractivity contribution >= 4 is 11.3 Å². The summed E-state index contributed by atoms with van der Waals surface area (Å²) in [5.74, 6) is 0. The average molecular weight is 211 g/mol. The molecule has 0 saturated carbocycles. The quantitative estimate of drug-likeness (QED) is 0.756. The molecule has 0 fully saturated rings. The van der Waals surface area contributed by atoms with Crippen molar-refractivity contribution in [1.82, 2.24) is 5.32 Å². The first-order valence-electron chi connectivity index (χ1n) is 5.53. The summed E-state index contributed by atoms with van der Waals surface area (Å²) in [6.45, 7) is 7.73. The molecule has 0 amide bonds. The monoisotopic (exact) mass is 211 g/mol. The third-order valence-electron chi connectivity index (χ3n) is 2.67. The van der Waals surface area contributed by atoms with E-state index < -0.39 is 0 Å². The molecule has 0 aliphatic carbocycles. The zero-order valence-corrected chi connectivity index (χ0v) is 10.3. The SMILES string of the molecule is CCCC(CC)NCc1cscc1C. The van der Waals surface area contributed by atoms with Crippen molar-refractivity contribution in [3.63, 3.8) is 0 Å². The van der Waals surface area contributed by atoms with Crippen LogP contribution in [0.4, 0.5) is 0 Å². The molecule has 0 bridgehead atoms. The molecule has 0 aliphatic heterocycles. The predicted octanol–water partition coefficient (Wildman–Crippen LogP) is 3.72. The molecule has 0 spiro atoms. The largest absolute Gasteiger partial charge is 0.310 e. The Labute approximate surface area is 91.5 Å². The van der Waals surface area contributed by atoms with Crippen molar-refractivity contribution in [2.24, 2.45) is 0 Å². The highest BCUT2D eigenvalue weighted by molar-refractivity contribution is 7.08. The van der Waals surface area contributed by atoms with Crippen LogP contribution in [-0.2, 0) is 6.54 Å². The van der Waals surface area contributed by atoms with Crippen LogP contribution in [0.25, 0.3) is 0 Å². The number of nitrogens with one attached hydrogen (secondary N) is 1. The van der Waals surface area contributed by atoms with Crippen LogP contribution in [0.3, 0.4) is 0 Å². The maximum absolute atomic E-state index is 3.62. The molecular weight excluding hydrogens is 190 g/mol. The zero-order chi connectivity index (χ0) is 10.4. The van der Waals surface area contributed by atoms with E-state index in [1.54, 1.807) is 11.3 Å². The standard InChI is InChI=1S/C12H21NS/c1-4-6-12(5-2)13-7-11-9-14-8-10(11)3/h8-9,12-13H,4-7H2,1-3H3. The third kappa shape index (κ3) is 3.43. The first-order valence-corrected chi connectivity index (χ1v) is 6.47. The van der Waals surface area contributed by atoms with E-state index in [0.717, 1.165) is 6.54 Å². The summed E-state index contributed by atoms with van der Waals surface area (Å²) in [6, 6.07) is 0.694. The molecule has 1 aromatic rings. The van der Waals surface area contributed by atoms with Crippen LogP contribution in [0.5, 0.6) is 0 Å². The van der Waals surface area contributed by atoms with Crippen molar-refractivity contribution in [3.8, 4) is 0 Å². The highest BCUT2D eigenvalue weighted by Gasteiger charge is 2.05. The summed E-state index contributed by atoms with van der Waals surface area (Å²) < 4.78 is 0. The second-order valence-electron chi connectivity index (χ2n) is 3.85. The number of hydrogen-bond donors (Lipinski definition) is 1. The first kappa shape index (κ1) is 11.7. The second-order valence-corrected chi connectivity index (χ2v) is 4.60. The molecule has 1 unspecified atom stereocenters. The van der Waals surface area contributed by atoms with Crippen LogP contribution in [0.1, 0.15) is 44.2 Å². The summed E-state index contributed by atoms with van der Waals surface area (Å²) in [7, 11) is 0. The fourth-order valence-corrected chi connectivity index (χ4v) is 2.48. The van der Waals surface area contributed by atoms with Gasteiger partial charge in [-0.25, -0.2) is 0 Å². The fourth-order valence-electron chi connectivity index (χ4n) is 1.62. The van der Waals surface area contributed by atoms with Gasteiger partial charge < -0.3 is 5.32 Å². The molecule has 2 heteroatoms. The van der Waals surface area contributed by atoms with E-state index in [9.17, 15) is 0 Å². The summed E-state index contributed by atoms with van der Waals surface area (Å²) in [6.07, 6.45) is 3.80. The maximum Gasteiger partial charge on any atom is 0.0218 e. The molecule has 1 atom stereocenters. The van der Waals surface area contributed by atoms with Gasteiger partial charge in [0.2, 0.25) is 0 Å². The lowest BCUT2D eigenvalue weighted by Gasteiger charge is -2.15. The van der Waals surface area contributed by atoms with Crippen molar-refractivity contribution in [3.05, 3.63) is 21.9 Å². The number of thiophene rings is 1. The van der Waals surface area contributed by atoms with Gasteiger partial charge in [-0.05, 0) is 41.7 Å². The van der Waals surface area contributed by atoms with E-state index in [1.807, 2.05) is 0 Å². The molecule has 1 rings (SSSR count). The molecular formula is C12H21NS. The van der Waals surface area contributed by atoms with E-state index in [0.29, 0.717) is 6.04 Å². The molecule has 0 aromatic carbocycles. The molecule has 1 aromatic heterocycles.